The Kier molecular flexibility index (Phi) is 5.07. The summed E-state index contributed by atoms with van der Waals surface area (Å²) in [4.78, 5) is 0. The van der Waals surface area contributed by atoms with Crippen LogP contribution in [-0.4, -0.2) is 24.5 Å². The van der Waals surface area contributed by atoms with Crippen LogP contribution in [0.1, 0.15) is 25.0 Å². The number of alkyl halides is 1. The van der Waals surface area contributed by atoms with Crippen molar-refractivity contribution in [3.8, 4) is 5.75 Å². The van der Waals surface area contributed by atoms with Crippen molar-refractivity contribution in [1.29, 1.82) is 0 Å². The minimum atomic E-state index is 0.558. The van der Waals surface area contributed by atoms with Gasteiger partial charge in [0.25, 0.3) is 0 Å². The maximum atomic E-state index is 5.52. The molecule has 0 aromatic heterocycles. The fourth-order valence-corrected chi connectivity index (χ4v) is 2.74. The molecule has 1 aromatic carbocycles. The summed E-state index contributed by atoms with van der Waals surface area (Å²) in [7, 11) is 0. The minimum Gasteiger partial charge on any atom is -0.493 e. The molecule has 18 heavy (non-hydrogen) atoms. The lowest BCUT2D eigenvalue weighted by atomic mass is 10.0. The van der Waals surface area contributed by atoms with Crippen LogP contribution in [-0.2, 0) is 12.8 Å². The molecule has 3 heteroatoms. The van der Waals surface area contributed by atoms with Crippen LogP contribution in [0.5, 0.6) is 5.75 Å². The largest absolute Gasteiger partial charge is 0.493 e. The maximum Gasteiger partial charge on any atom is 0.122 e. The zero-order valence-electron chi connectivity index (χ0n) is 11.2. The third-order valence-corrected chi connectivity index (χ3v) is 4.75. The van der Waals surface area contributed by atoms with Gasteiger partial charge in [0.15, 0.2) is 0 Å². The van der Waals surface area contributed by atoms with Gasteiger partial charge in [0.2, 0.25) is 0 Å². The van der Waals surface area contributed by atoms with Gasteiger partial charge < -0.3 is 10.1 Å². The number of nitrogens with one attached hydrogen (secondary N) is 1. The Hall–Kier alpha value is -0.540. The van der Waals surface area contributed by atoms with Crippen LogP contribution in [0, 0.1) is 5.92 Å². The average molecular weight is 312 g/mol. The predicted molar refractivity (Wildman–Crippen MR) is 79.8 cm³/mol. The van der Waals surface area contributed by atoms with Gasteiger partial charge in [0.05, 0.1) is 6.61 Å². The van der Waals surface area contributed by atoms with E-state index in [2.05, 4.69) is 53.3 Å². The van der Waals surface area contributed by atoms with E-state index < -0.39 is 0 Å². The number of ether oxygens (including phenoxy) is 1. The topological polar surface area (TPSA) is 21.3 Å². The summed E-state index contributed by atoms with van der Waals surface area (Å²) >= 11 is 3.53. The molecule has 0 bridgehead atoms. The average Bonchev–Trinajstić information content (AvgIpc) is 2.85. The number of hydrogen-bond donors (Lipinski definition) is 1. The molecular formula is C15H22BrNO. The maximum absolute atomic E-state index is 5.52. The second-order valence-electron chi connectivity index (χ2n) is 5.16. The highest BCUT2D eigenvalue weighted by molar-refractivity contribution is 9.09. The van der Waals surface area contributed by atoms with Gasteiger partial charge in [-0.15, -0.1) is 0 Å². The second kappa shape index (κ2) is 6.58. The lowest BCUT2D eigenvalue weighted by molar-refractivity contribution is 0.357. The molecule has 2 nitrogen and oxygen atoms in total. The first-order valence-corrected chi connectivity index (χ1v) is 7.87. The van der Waals surface area contributed by atoms with Crippen LogP contribution in [0.4, 0.5) is 0 Å². The fraction of sp³-hybridized carbons (Fsp3) is 0.600. The first-order valence-electron chi connectivity index (χ1n) is 6.74. The fourth-order valence-electron chi connectivity index (χ4n) is 2.17. The molecule has 0 fully saturated rings. The summed E-state index contributed by atoms with van der Waals surface area (Å²) < 4.78 is 5.52. The summed E-state index contributed by atoms with van der Waals surface area (Å²) in [5, 5.41) is 4.64. The van der Waals surface area contributed by atoms with Crippen LogP contribution < -0.4 is 10.1 Å². The molecule has 1 aliphatic heterocycles. The Labute approximate surface area is 118 Å². The SMILES string of the molecule is CC(CBr)C(C)NCCc1ccc2c(c1)CCO2. The van der Waals surface area contributed by atoms with Crippen molar-refractivity contribution in [2.24, 2.45) is 5.92 Å². The van der Waals surface area contributed by atoms with E-state index >= 15 is 0 Å². The van der Waals surface area contributed by atoms with Gasteiger partial charge in [0, 0.05) is 17.8 Å². The molecule has 1 aromatic rings. The minimum absolute atomic E-state index is 0.558. The zero-order chi connectivity index (χ0) is 13.0. The van der Waals surface area contributed by atoms with Crippen molar-refractivity contribution in [3.05, 3.63) is 29.3 Å². The van der Waals surface area contributed by atoms with Crippen molar-refractivity contribution in [2.45, 2.75) is 32.7 Å². The molecule has 1 heterocycles. The molecule has 0 spiro atoms. The van der Waals surface area contributed by atoms with E-state index in [-0.39, 0.29) is 0 Å². The molecular weight excluding hydrogens is 290 g/mol. The molecule has 100 valence electrons. The third-order valence-electron chi connectivity index (χ3n) is 3.73. The van der Waals surface area contributed by atoms with Gasteiger partial charge in [-0.05, 0) is 43.0 Å². The first kappa shape index (κ1) is 13.9. The van der Waals surface area contributed by atoms with E-state index in [4.69, 9.17) is 4.74 Å². The third kappa shape index (κ3) is 3.48. The van der Waals surface area contributed by atoms with Crippen LogP contribution in [0.15, 0.2) is 18.2 Å². The molecule has 0 saturated carbocycles. The van der Waals surface area contributed by atoms with Gasteiger partial charge in [-0.2, -0.15) is 0 Å². The summed E-state index contributed by atoms with van der Waals surface area (Å²) in [6.07, 6.45) is 2.15. The predicted octanol–water partition coefficient (Wildman–Crippen LogP) is 3.17. The van der Waals surface area contributed by atoms with Crippen molar-refractivity contribution in [1.82, 2.24) is 5.32 Å². The van der Waals surface area contributed by atoms with Gasteiger partial charge >= 0.3 is 0 Å². The van der Waals surface area contributed by atoms with E-state index in [0.29, 0.717) is 12.0 Å². The Morgan fingerprint density at radius 3 is 3.00 bits per heavy atom. The Balaban J connectivity index is 1.80. The standard InChI is InChI=1S/C15H22BrNO/c1-11(10-16)12(2)17-7-5-13-3-4-15-14(9-13)6-8-18-15/h3-4,9,11-12,17H,5-8,10H2,1-2H3. The molecule has 0 saturated heterocycles. The highest BCUT2D eigenvalue weighted by Gasteiger charge is 2.12. The molecule has 2 unspecified atom stereocenters. The number of benzene rings is 1. The van der Waals surface area contributed by atoms with Crippen LogP contribution >= 0.6 is 15.9 Å². The van der Waals surface area contributed by atoms with Crippen molar-refractivity contribution in [2.75, 3.05) is 18.5 Å². The monoisotopic (exact) mass is 311 g/mol. The molecule has 2 atom stereocenters. The lowest BCUT2D eigenvalue weighted by Crippen LogP contribution is -2.34. The smallest absolute Gasteiger partial charge is 0.122 e. The Morgan fingerprint density at radius 2 is 2.22 bits per heavy atom. The highest BCUT2D eigenvalue weighted by Crippen LogP contribution is 2.25. The van der Waals surface area contributed by atoms with Crippen molar-refractivity contribution >= 4 is 15.9 Å². The summed E-state index contributed by atoms with van der Waals surface area (Å²) in [6, 6.07) is 7.15. The number of hydrogen-bond acceptors (Lipinski definition) is 2. The van der Waals surface area contributed by atoms with E-state index in [1.807, 2.05) is 0 Å². The molecule has 0 amide bonds. The highest BCUT2D eigenvalue weighted by atomic mass is 79.9. The second-order valence-corrected chi connectivity index (χ2v) is 5.81. The molecule has 1 aliphatic rings. The normalized spacial score (nSPS) is 17.1. The first-order chi connectivity index (χ1) is 8.70. The van der Waals surface area contributed by atoms with E-state index in [9.17, 15) is 0 Å². The van der Waals surface area contributed by atoms with E-state index in [0.717, 1.165) is 37.1 Å². The van der Waals surface area contributed by atoms with Gasteiger partial charge in [-0.3, -0.25) is 0 Å². The zero-order valence-corrected chi connectivity index (χ0v) is 12.8. The molecule has 2 rings (SSSR count). The number of fused-ring (bicyclic) bond motifs is 1. The van der Waals surface area contributed by atoms with Crippen molar-refractivity contribution < 1.29 is 4.74 Å². The molecule has 0 aliphatic carbocycles. The van der Waals surface area contributed by atoms with Crippen LogP contribution in [0.25, 0.3) is 0 Å². The Morgan fingerprint density at radius 1 is 1.39 bits per heavy atom. The quantitative estimate of drug-likeness (QED) is 0.815. The summed E-state index contributed by atoms with van der Waals surface area (Å²) in [6.45, 7) is 6.40. The van der Waals surface area contributed by atoms with E-state index in [1.165, 1.54) is 11.1 Å². The number of rotatable bonds is 6. The lowest BCUT2D eigenvalue weighted by Gasteiger charge is -2.19. The van der Waals surface area contributed by atoms with Gasteiger partial charge in [0.1, 0.15) is 5.75 Å². The molecule has 0 radical (unpaired) electrons. The van der Waals surface area contributed by atoms with E-state index in [1.54, 1.807) is 0 Å². The van der Waals surface area contributed by atoms with Crippen molar-refractivity contribution in [3.63, 3.8) is 0 Å². The summed E-state index contributed by atoms with van der Waals surface area (Å²) in [5.41, 5.74) is 2.78. The Bertz CT molecular complexity index is 394. The van der Waals surface area contributed by atoms with Crippen LogP contribution in [0.2, 0.25) is 0 Å². The molecule has 1 N–H and O–H groups in total. The van der Waals surface area contributed by atoms with Gasteiger partial charge in [-0.1, -0.05) is 35.0 Å². The van der Waals surface area contributed by atoms with Gasteiger partial charge in [-0.25, -0.2) is 0 Å². The van der Waals surface area contributed by atoms with Crippen LogP contribution in [0.3, 0.4) is 0 Å². The summed E-state index contributed by atoms with van der Waals surface area (Å²) in [5.74, 6) is 1.74. The number of halogens is 1.